The summed E-state index contributed by atoms with van der Waals surface area (Å²) in [6.45, 7) is 5.99. The van der Waals surface area contributed by atoms with Crippen molar-refractivity contribution in [1.82, 2.24) is 14.9 Å². The summed E-state index contributed by atoms with van der Waals surface area (Å²) >= 11 is 0. The molecule has 0 fully saturated rings. The molecule has 1 amide bonds. The zero-order chi connectivity index (χ0) is 15.1. The van der Waals surface area contributed by atoms with Crippen LogP contribution in [0.4, 0.5) is 5.69 Å². The summed E-state index contributed by atoms with van der Waals surface area (Å²) in [5.74, 6) is -0.0611. The van der Waals surface area contributed by atoms with E-state index in [1.807, 2.05) is 32.0 Å². The molecule has 0 radical (unpaired) electrons. The van der Waals surface area contributed by atoms with Crippen molar-refractivity contribution in [2.45, 2.75) is 20.4 Å². The number of pyridine rings is 2. The fourth-order valence-corrected chi connectivity index (χ4v) is 2.06. The van der Waals surface area contributed by atoms with Crippen LogP contribution in [0, 0.1) is 0 Å². The summed E-state index contributed by atoms with van der Waals surface area (Å²) in [6.07, 6.45) is 5.13. The van der Waals surface area contributed by atoms with E-state index in [4.69, 9.17) is 0 Å². The van der Waals surface area contributed by atoms with E-state index in [0.717, 1.165) is 17.8 Å². The molecule has 0 saturated carbocycles. The number of aromatic nitrogens is 2. The van der Waals surface area contributed by atoms with Gasteiger partial charge >= 0.3 is 0 Å². The Kier molecular flexibility index (Phi) is 5.26. The van der Waals surface area contributed by atoms with Gasteiger partial charge in [0.25, 0.3) is 5.91 Å². The van der Waals surface area contributed by atoms with E-state index in [1.54, 1.807) is 29.6 Å². The van der Waals surface area contributed by atoms with E-state index in [-0.39, 0.29) is 5.91 Å². The predicted molar refractivity (Wildman–Crippen MR) is 83.1 cm³/mol. The van der Waals surface area contributed by atoms with Crippen LogP contribution in [0.1, 0.15) is 29.9 Å². The third-order valence-electron chi connectivity index (χ3n) is 3.15. The molecule has 0 aliphatic carbocycles. The third kappa shape index (κ3) is 4.02. The lowest BCUT2D eigenvalue weighted by molar-refractivity contribution is 0.0746. The van der Waals surface area contributed by atoms with Crippen molar-refractivity contribution in [1.29, 1.82) is 0 Å². The second-order valence-corrected chi connectivity index (χ2v) is 4.63. The van der Waals surface area contributed by atoms with Gasteiger partial charge in [0, 0.05) is 43.9 Å². The average molecular weight is 284 g/mol. The molecule has 1 N–H and O–H groups in total. The van der Waals surface area contributed by atoms with Crippen molar-refractivity contribution in [2.24, 2.45) is 0 Å². The highest BCUT2D eigenvalue weighted by atomic mass is 16.2. The Morgan fingerprint density at radius 1 is 1.19 bits per heavy atom. The van der Waals surface area contributed by atoms with Crippen molar-refractivity contribution in [3.63, 3.8) is 0 Å². The topological polar surface area (TPSA) is 58.1 Å². The molecule has 0 saturated heterocycles. The van der Waals surface area contributed by atoms with Gasteiger partial charge in [-0.05, 0) is 43.7 Å². The molecule has 2 aromatic heterocycles. The van der Waals surface area contributed by atoms with Gasteiger partial charge in [-0.25, -0.2) is 0 Å². The van der Waals surface area contributed by atoms with Gasteiger partial charge in [0.1, 0.15) is 5.69 Å². The Balaban J connectivity index is 2.14. The van der Waals surface area contributed by atoms with Gasteiger partial charge in [-0.3, -0.25) is 14.8 Å². The Morgan fingerprint density at radius 2 is 1.95 bits per heavy atom. The molecule has 2 aromatic rings. The van der Waals surface area contributed by atoms with Gasteiger partial charge in [-0.2, -0.15) is 0 Å². The summed E-state index contributed by atoms with van der Waals surface area (Å²) in [7, 11) is 0. The van der Waals surface area contributed by atoms with E-state index in [0.29, 0.717) is 18.8 Å². The SMILES string of the molecule is CCNc1ccnc(C(=O)N(CC)Cc2ccncc2)c1. The maximum absolute atomic E-state index is 12.6. The first kappa shape index (κ1) is 15.0. The average Bonchev–Trinajstić information content (AvgIpc) is 2.53. The first-order valence-electron chi connectivity index (χ1n) is 7.12. The van der Waals surface area contributed by atoms with Crippen molar-refractivity contribution >= 4 is 11.6 Å². The smallest absolute Gasteiger partial charge is 0.272 e. The Hall–Kier alpha value is -2.43. The molecule has 0 aliphatic rings. The minimum Gasteiger partial charge on any atom is -0.385 e. The lowest BCUT2D eigenvalue weighted by Gasteiger charge is -2.20. The number of carbonyl (C=O) groups excluding carboxylic acids is 1. The number of nitrogens with zero attached hydrogens (tertiary/aromatic N) is 3. The van der Waals surface area contributed by atoms with Crippen molar-refractivity contribution in [2.75, 3.05) is 18.4 Å². The van der Waals surface area contributed by atoms with E-state index in [2.05, 4.69) is 15.3 Å². The van der Waals surface area contributed by atoms with E-state index in [9.17, 15) is 4.79 Å². The molecule has 0 spiro atoms. The van der Waals surface area contributed by atoms with Crippen LogP contribution in [0.25, 0.3) is 0 Å². The van der Waals surface area contributed by atoms with E-state index in [1.165, 1.54) is 0 Å². The van der Waals surface area contributed by atoms with Gasteiger partial charge in [0.05, 0.1) is 0 Å². The van der Waals surface area contributed by atoms with Gasteiger partial charge in [-0.1, -0.05) is 0 Å². The Morgan fingerprint density at radius 3 is 2.62 bits per heavy atom. The quantitative estimate of drug-likeness (QED) is 0.885. The maximum Gasteiger partial charge on any atom is 0.272 e. The van der Waals surface area contributed by atoms with Crippen LogP contribution >= 0.6 is 0 Å². The number of rotatable bonds is 6. The highest BCUT2D eigenvalue weighted by Gasteiger charge is 2.16. The number of amides is 1. The van der Waals surface area contributed by atoms with Crippen LogP contribution in [-0.2, 0) is 6.54 Å². The molecule has 0 aliphatic heterocycles. The maximum atomic E-state index is 12.6. The minimum absolute atomic E-state index is 0.0611. The second kappa shape index (κ2) is 7.38. The largest absolute Gasteiger partial charge is 0.385 e. The molecule has 21 heavy (non-hydrogen) atoms. The van der Waals surface area contributed by atoms with E-state index < -0.39 is 0 Å². The first-order valence-corrected chi connectivity index (χ1v) is 7.12. The molecule has 0 aromatic carbocycles. The highest BCUT2D eigenvalue weighted by molar-refractivity contribution is 5.93. The summed E-state index contributed by atoms with van der Waals surface area (Å²) in [6, 6.07) is 7.48. The fraction of sp³-hybridized carbons (Fsp3) is 0.312. The van der Waals surface area contributed by atoms with Gasteiger partial charge in [-0.15, -0.1) is 0 Å². The van der Waals surface area contributed by atoms with Crippen molar-refractivity contribution < 1.29 is 4.79 Å². The van der Waals surface area contributed by atoms with Gasteiger partial charge in [0.15, 0.2) is 0 Å². The normalized spacial score (nSPS) is 10.2. The van der Waals surface area contributed by atoms with E-state index >= 15 is 0 Å². The number of hydrogen-bond acceptors (Lipinski definition) is 4. The molecule has 0 bridgehead atoms. The molecule has 0 atom stereocenters. The summed E-state index contributed by atoms with van der Waals surface area (Å²) < 4.78 is 0. The third-order valence-corrected chi connectivity index (χ3v) is 3.15. The molecule has 2 rings (SSSR count). The monoisotopic (exact) mass is 284 g/mol. The number of anilines is 1. The zero-order valence-corrected chi connectivity index (χ0v) is 12.4. The second-order valence-electron chi connectivity index (χ2n) is 4.63. The van der Waals surface area contributed by atoms with Crippen molar-refractivity contribution in [3.05, 3.63) is 54.1 Å². The van der Waals surface area contributed by atoms with Crippen molar-refractivity contribution in [3.8, 4) is 0 Å². The van der Waals surface area contributed by atoms with Gasteiger partial charge < -0.3 is 10.2 Å². The Bertz CT molecular complexity index is 586. The zero-order valence-electron chi connectivity index (χ0n) is 12.4. The Labute approximate surface area is 125 Å². The highest BCUT2D eigenvalue weighted by Crippen LogP contribution is 2.12. The lowest BCUT2D eigenvalue weighted by atomic mass is 10.2. The number of nitrogens with one attached hydrogen (secondary N) is 1. The van der Waals surface area contributed by atoms with Crippen LogP contribution in [0.3, 0.4) is 0 Å². The van der Waals surface area contributed by atoms with Gasteiger partial charge in [0.2, 0.25) is 0 Å². The molecule has 0 unspecified atom stereocenters. The first-order chi connectivity index (χ1) is 10.2. The number of hydrogen-bond donors (Lipinski definition) is 1. The van der Waals surface area contributed by atoms with Crippen LogP contribution in [0.15, 0.2) is 42.9 Å². The molecular weight excluding hydrogens is 264 g/mol. The summed E-state index contributed by atoms with van der Waals surface area (Å²) in [5.41, 5.74) is 2.43. The standard InChI is InChI=1S/C16H20N4O/c1-3-18-14-7-10-19-15(11-14)16(21)20(4-2)12-13-5-8-17-9-6-13/h5-11H,3-4,12H2,1-2H3,(H,18,19). The molecule has 110 valence electrons. The predicted octanol–water partition coefficient (Wildman–Crippen LogP) is 2.57. The van der Waals surface area contributed by atoms with Crippen LogP contribution in [0.2, 0.25) is 0 Å². The van der Waals surface area contributed by atoms with Crippen LogP contribution in [0.5, 0.6) is 0 Å². The molecule has 5 nitrogen and oxygen atoms in total. The molecule has 5 heteroatoms. The summed E-state index contributed by atoms with van der Waals surface area (Å²) in [5, 5.41) is 3.19. The lowest BCUT2D eigenvalue weighted by Crippen LogP contribution is -2.31. The minimum atomic E-state index is -0.0611. The summed E-state index contributed by atoms with van der Waals surface area (Å²) in [4.78, 5) is 22.5. The molecular formula is C16H20N4O. The van der Waals surface area contributed by atoms with Crippen LogP contribution < -0.4 is 5.32 Å². The fourth-order valence-electron chi connectivity index (χ4n) is 2.06. The van der Waals surface area contributed by atoms with Crippen LogP contribution in [-0.4, -0.2) is 33.9 Å². The molecule has 2 heterocycles. The number of carbonyl (C=O) groups is 1.